The quantitative estimate of drug-likeness (QED) is 0.742. The molecule has 2 heterocycles. The Kier molecular flexibility index (Phi) is 5.04. The van der Waals surface area contributed by atoms with E-state index in [2.05, 4.69) is 20.6 Å². The molecule has 0 fully saturated rings. The van der Waals surface area contributed by atoms with E-state index in [4.69, 9.17) is 0 Å². The van der Waals surface area contributed by atoms with Crippen molar-refractivity contribution in [1.29, 1.82) is 0 Å². The number of nitrogens with one attached hydrogen (secondary N) is 2. The molecule has 0 atom stereocenters. The maximum atomic E-state index is 12.3. The highest BCUT2D eigenvalue weighted by Crippen LogP contribution is 2.14. The molecule has 0 saturated heterocycles. The number of rotatable bonds is 5. The first-order valence-corrected chi connectivity index (χ1v) is 8.09. The Morgan fingerprint density at radius 3 is 2.60 bits per heavy atom. The Hall–Kier alpha value is -3.21. The number of carbonyl (C=O) groups is 1. The normalized spacial score (nSPS) is 10.3. The number of amides is 1. The van der Waals surface area contributed by atoms with Gasteiger partial charge < -0.3 is 10.6 Å². The summed E-state index contributed by atoms with van der Waals surface area (Å²) in [5.74, 6) is 0.363. The van der Waals surface area contributed by atoms with Crippen LogP contribution in [0.2, 0.25) is 0 Å². The van der Waals surface area contributed by atoms with Gasteiger partial charge in [0.2, 0.25) is 0 Å². The van der Waals surface area contributed by atoms with Crippen LogP contribution in [0, 0.1) is 13.8 Å². The second-order valence-corrected chi connectivity index (χ2v) is 5.90. The highest BCUT2D eigenvalue weighted by Gasteiger charge is 2.08. The SMILES string of the molecule is Cc1ccc(C(=O)Nc2ccc(NCc3cccnc3)cn2)cc1C. The molecule has 25 heavy (non-hydrogen) atoms. The fourth-order valence-corrected chi connectivity index (χ4v) is 2.35. The lowest BCUT2D eigenvalue weighted by atomic mass is 10.1. The molecule has 3 aromatic rings. The van der Waals surface area contributed by atoms with Gasteiger partial charge >= 0.3 is 0 Å². The van der Waals surface area contributed by atoms with Crippen molar-refractivity contribution < 1.29 is 4.79 Å². The van der Waals surface area contributed by atoms with Crippen LogP contribution in [0.5, 0.6) is 0 Å². The minimum absolute atomic E-state index is 0.160. The zero-order valence-corrected chi connectivity index (χ0v) is 14.3. The van der Waals surface area contributed by atoms with Crippen molar-refractivity contribution in [2.75, 3.05) is 10.6 Å². The number of carbonyl (C=O) groups excluding carboxylic acids is 1. The lowest BCUT2D eigenvalue weighted by Gasteiger charge is -2.09. The lowest BCUT2D eigenvalue weighted by Crippen LogP contribution is -2.13. The zero-order valence-electron chi connectivity index (χ0n) is 14.3. The lowest BCUT2D eigenvalue weighted by molar-refractivity contribution is 0.102. The largest absolute Gasteiger partial charge is 0.380 e. The van der Waals surface area contributed by atoms with Crippen LogP contribution in [-0.4, -0.2) is 15.9 Å². The summed E-state index contributed by atoms with van der Waals surface area (Å²) in [5.41, 5.74) is 4.86. The standard InChI is InChI=1S/C20H20N4O/c1-14-5-6-17(10-15(14)2)20(25)24-19-8-7-18(13-23-19)22-12-16-4-3-9-21-11-16/h3-11,13,22H,12H2,1-2H3,(H,23,24,25). The molecule has 0 unspecified atom stereocenters. The van der Waals surface area contributed by atoms with Crippen molar-refractivity contribution >= 4 is 17.4 Å². The van der Waals surface area contributed by atoms with E-state index < -0.39 is 0 Å². The third-order valence-electron chi connectivity index (χ3n) is 3.99. The van der Waals surface area contributed by atoms with Gasteiger partial charge in [0.05, 0.1) is 11.9 Å². The van der Waals surface area contributed by atoms with Gasteiger partial charge in [-0.3, -0.25) is 9.78 Å². The van der Waals surface area contributed by atoms with Gasteiger partial charge in [0.1, 0.15) is 5.82 Å². The van der Waals surface area contributed by atoms with Crippen molar-refractivity contribution in [2.45, 2.75) is 20.4 Å². The van der Waals surface area contributed by atoms with Crippen molar-refractivity contribution in [1.82, 2.24) is 9.97 Å². The molecule has 2 aromatic heterocycles. The van der Waals surface area contributed by atoms with Gasteiger partial charge in [-0.05, 0) is 60.9 Å². The molecule has 1 amide bonds. The molecule has 5 nitrogen and oxygen atoms in total. The van der Waals surface area contributed by atoms with Crippen LogP contribution in [0.15, 0.2) is 61.1 Å². The molecule has 0 bridgehead atoms. The molecular formula is C20H20N4O. The molecule has 1 aromatic carbocycles. The highest BCUT2D eigenvalue weighted by atomic mass is 16.1. The summed E-state index contributed by atoms with van der Waals surface area (Å²) >= 11 is 0. The fourth-order valence-electron chi connectivity index (χ4n) is 2.35. The van der Waals surface area contributed by atoms with E-state index in [0.29, 0.717) is 17.9 Å². The van der Waals surface area contributed by atoms with Crippen LogP contribution in [0.1, 0.15) is 27.0 Å². The topological polar surface area (TPSA) is 66.9 Å². The van der Waals surface area contributed by atoms with E-state index >= 15 is 0 Å². The zero-order chi connectivity index (χ0) is 17.6. The average molecular weight is 332 g/mol. The third-order valence-corrected chi connectivity index (χ3v) is 3.99. The van der Waals surface area contributed by atoms with Crippen molar-refractivity contribution in [3.05, 3.63) is 83.3 Å². The Morgan fingerprint density at radius 2 is 1.92 bits per heavy atom. The smallest absolute Gasteiger partial charge is 0.256 e. The van der Waals surface area contributed by atoms with Crippen LogP contribution in [0.4, 0.5) is 11.5 Å². The summed E-state index contributed by atoms with van der Waals surface area (Å²) in [6, 6.07) is 13.2. The van der Waals surface area contributed by atoms with Gasteiger partial charge in [-0.1, -0.05) is 12.1 Å². The summed E-state index contributed by atoms with van der Waals surface area (Å²) in [6.45, 7) is 4.69. The molecule has 0 aliphatic heterocycles. The van der Waals surface area contributed by atoms with Gasteiger partial charge in [-0.15, -0.1) is 0 Å². The molecule has 5 heteroatoms. The van der Waals surface area contributed by atoms with Crippen molar-refractivity contribution in [3.8, 4) is 0 Å². The second kappa shape index (κ2) is 7.57. The number of aromatic nitrogens is 2. The van der Waals surface area contributed by atoms with Gasteiger partial charge in [0.25, 0.3) is 5.91 Å². The molecular weight excluding hydrogens is 312 g/mol. The monoisotopic (exact) mass is 332 g/mol. The van der Waals surface area contributed by atoms with Crippen LogP contribution in [0.3, 0.4) is 0 Å². The third kappa shape index (κ3) is 4.41. The van der Waals surface area contributed by atoms with E-state index in [0.717, 1.165) is 16.8 Å². The number of anilines is 2. The van der Waals surface area contributed by atoms with Crippen molar-refractivity contribution in [3.63, 3.8) is 0 Å². The van der Waals surface area contributed by atoms with Gasteiger partial charge in [-0.25, -0.2) is 4.98 Å². The van der Waals surface area contributed by atoms with Gasteiger partial charge in [0.15, 0.2) is 0 Å². The Labute approximate surface area is 147 Å². The van der Waals surface area contributed by atoms with E-state index in [1.165, 1.54) is 5.56 Å². The Balaban J connectivity index is 1.60. The maximum absolute atomic E-state index is 12.3. The van der Waals surface area contributed by atoms with Gasteiger partial charge in [0, 0.05) is 24.5 Å². The predicted octanol–water partition coefficient (Wildman–Crippen LogP) is 3.96. The summed E-state index contributed by atoms with van der Waals surface area (Å²) < 4.78 is 0. The van der Waals surface area contributed by atoms with Crippen LogP contribution in [-0.2, 0) is 6.54 Å². The first kappa shape index (κ1) is 16.6. The Morgan fingerprint density at radius 1 is 1.04 bits per heavy atom. The predicted molar refractivity (Wildman–Crippen MR) is 99.7 cm³/mol. The fraction of sp³-hybridized carbons (Fsp3) is 0.150. The molecule has 0 saturated carbocycles. The highest BCUT2D eigenvalue weighted by molar-refractivity contribution is 6.03. The van der Waals surface area contributed by atoms with E-state index in [1.54, 1.807) is 18.5 Å². The van der Waals surface area contributed by atoms with Crippen molar-refractivity contribution in [2.24, 2.45) is 0 Å². The van der Waals surface area contributed by atoms with Gasteiger partial charge in [-0.2, -0.15) is 0 Å². The molecule has 0 spiro atoms. The number of hydrogen-bond donors (Lipinski definition) is 2. The first-order chi connectivity index (χ1) is 12.1. The molecule has 3 rings (SSSR count). The minimum atomic E-state index is -0.160. The van der Waals surface area contributed by atoms with Crippen LogP contribution in [0.25, 0.3) is 0 Å². The summed E-state index contributed by atoms with van der Waals surface area (Å²) in [7, 11) is 0. The first-order valence-electron chi connectivity index (χ1n) is 8.09. The number of benzene rings is 1. The maximum Gasteiger partial charge on any atom is 0.256 e. The van der Waals surface area contributed by atoms with E-state index in [1.807, 2.05) is 56.4 Å². The Bertz CT molecular complexity index is 861. The minimum Gasteiger partial charge on any atom is -0.380 e. The van der Waals surface area contributed by atoms with Crippen LogP contribution < -0.4 is 10.6 Å². The number of aryl methyl sites for hydroxylation is 2. The van der Waals surface area contributed by atoms with Crippen LogP contribution >= 0.6 is 0 Å². The summed E-state index contributed by atoms with van der Waals surface area (Å²) in [5, 5.41) is 6.09. The van der Waals surface area contributed by atoms with E-state index in [9.17, 15) is 4.79 Å². The number of hydrogen-bond acceptors (Lipinski definition) is 4. The summed E-state index contributed by atoms with van der Waals surface area (Å²) in [6.07, 6.45) is 5.27. The number of pyridine rings is 2. The average Bonchev–Trinajstić information content (AvgIpc) is 2.64. The molecule has 2 N–H and O–H groups in total. The second-order valence-electron chi connectivity index (χ2n) is 5.90. The molecule has 126 valence electrons. The molecule has 0 aliphatic rings. The number of nitrogens with zero attached hydrogens (tertiary/aromatic N) is 2. The van der Waals surface area contributed by atoms with E-state index in [-0.39, 0.29) is 5.91 Å². The molecule has 0 radical (unpaired) electrons. The molecule has 0 aliphatic carbocycles. The summed E-state index contributed by atoms with van der Waals surface area (Å²) in [4.78, 5) is 20.7.